The van der Waals surface area contributed by atoms with Crippen LogP contribution in [0.5, 0.6) is 11.5 Å². The van der Waals surface area contributed by atoms with Gasteiger partial charge in [0.15, 0.2) is 11.5 Å². The summed E-state index contributed by atoms with van der Waals surface area (Å²) in [6, 6.07) is 14.4. The minimum atomic E-state index is -0.412. The third-order valence-corrected chi connectivity index (χ3v) is 5.36. The first-order chi connectivity index (χ1) is 14.6. The average molecular weight is 424 g/mol. The number of nitrogens with zero attached hydrogens (tertiary/aromatic N) is 2. The van der Waals surface area contributed by atoms with E-state index in [2.05, 4.69) is 10.3 Å². The Labute approximate surface area is 178 Å². The SMILES string of the molecule is Cc1ccn2c(NCc3ccc4c(c3)OCCO4)c(-c3c(F)cccc3Cl)nc2c1. The Balaban J connectivity index is 1.56. The number of nitrogens with one attached hydrogen (secondary N) is 1. The van der Waals surface area contributed by atoms with Crippen LogP contribution in [0.25, 0.3) is 16.9 Å². The Morgan fingerprint density at radius 3 is 2.77 bits per heavy atom. The van der Waals surface area contributed by atoms with Crippen molar-refractivity contribution in [1.82, 2.24) is 9.38 Å². The first-order valence-electron chi connectivity index (χ1n) is 9.65. The number of rotatable bonds is 4. The van der Waals surface area contributed by atoms with E-state index < -0.39 is 5.82 Å². The van der Waals surface area contributed by atoms with Gasteiger partial charge in [0, 0.05) is 12.7 Å². The van der Waals surface area contributed by atoms with E-state index in [1.807, 2.05) is 47.9 Å². The molecule has 7 heteroatoms. The van der Waals surface area contributed by atoms with Gasteiger partial charge in [-0.15, -0.1) is 0 Å². The Morgan fingerprint density at radius 1 is 1.10 bits per heavy atom. The molecule has 1 aliphatic heterocycles. The maximum atomic E-state index is 14.7. The van der Waals surface area contributed by atoms with Crippen molar-refractivity contribution in [2.24, 2.45) is 0 Å². The standard InChI is InChI=1S/C23H19ClFN3O2/c1-14-7-8-28-20(11-14)27-22(21-16(24)3-2-4-17(21)25)23(28)26-13-15-5-6-18-19(12-15)30-10-9-29-18/h2-8,11-12,26H,9-10,13H2,1H3. The van der Waals surface area contributed by atoms with E-state index in [9.17, 15) is 4.39 Å². The lowest BCUT2D eigenvalue weighted by molar-refractivity contribution is 0.171. The molecule has 5 rings (SSSR count). The number of hydrogen-bond donors (Lipinski definition) is 1. The summed E-state index contributed by atoms with van der Waals surface area (Å²) in [5.74, 6) is 1.73. The van der Waals surface area contributed by atoms with Crippen LogP contribution in [0.15, 0.2) is 54.7 Å². The van der Waals surface area contributed by atoms with Crippen LogP contribution < -0.4 is 14.8 Å². The molecule has 0 aliphatic carbocycles. The smallest absolute Gasteiger partial charge is 0.161 e. The lowest BCUT2D eigenvalue weighted by Crippen LogP contribution is -2.15. The monoisotopic (exact) mass is 423 g/mol. The maximum Gasteiger partial charge on any atom is 0.161 e. The second kappa shape index (κ2) is 7.54. The number of halogens is 2. The van der Waals surface area contributed by atoms with Gasteiger partial charge in [0.2, 0.25) is 0 Å². The molecule has 0 saturated heterocycles. The largest absolute Gasteiger partial charge is 0.486 e. The second-order valence-corrected chi connectivity index (χ2v) is 7.58. The Kier molecular flexibility index (Phi) is 4.71. The van der Waals surface area contributed by atoms with E-state index in [4.69, 9.17) is 21.1 Å². The van der Waals surface area contributed by atoms with Crippen LogP contribution in [0.3, 0.4) is 0 Å². The lowest BCUT2D eigenvalue weighted by Gasteiger charge is -2.19. The molecule has 2 aromatic heterocycles. The van der Waals surface area contributed by atoms with E-state index >= 15 is 0 Å². The minimum Gasteiger partial charge on any atom is -0.486 e. The van der Waals surface area contributed by atoms with Gasteiger partial charge in [-0.1, -0.05) is 23.7 Å². The fourth-order valence-corrected chi connectivity index (χ4v) is 3.85. The molecule has 0 fully saturated rings. The lowest BCUT2D eigenvalue weighted by atomic mass is 10.1. The summed E-state index contributed by atoms with van der Waals surface area (Å²) in [5, 5.41) is 3.73. The first kappa shape index (κ1) is 18.8. The zero-order valence-electron chi connectivity index (χ0n) is 16.3. The number of anilines is 1. The van der Waals surface area contributed by atoms with Crippen LogP contribution in [0.4, 0.5) is 10.2 Å². The summed E-state index contributed by atoms with van der Waals surface area (Å²) in [6.07, 6.45) is 1.92. The normalized spacial score (nSPS) is 12.9. The van der Waals surface area contributed by atoms with Gasteiger partial charge in [-0.05, 0) is 54.4 Å². The highest BCUT2D eigenvalue weighted by Gasteiger charge is 2.20. The van der Waals surface area contributed by atoms with Crippen LogP contribution in [-0.4, -0.2) is 22.6 Å². The predicted molar refractivity (Wildman–Crippen MR) is 115 cm³/mol. The van der Waals surface area contributed by atoms with E-state index in [0.717, 1.165) is 22.6 Å². The highest BCUT2D eigenvalue weighted by atomic mass is 35.5. The summed E-state index contributed by atoms with van der Waals surface area (Å²) in [6.45, 7) is 3.58. The zero-order chi connectivity index (χ0) is 20.7. The number of aromatic nitrogens is 2. The third kappa shape index (κ3) is 3.33. The summed E-state index contributed by atoms with van der Waals surface area (Å²) in [5.41, 5.74) is 3.55. The number of aryl methyl sites for hydroxylation is 1. The van der Waals surface area contributed by atoms with Crippen molar-refractivity contribution >= 4 is 23.1 Å². The number of benzene rings is 2. The van der Waals surface area contributed by atoms with Crippen molar-refractivity contribution in [1.29, 1.82) is 0 Å². The highest BCUT2D eigenvalue weighted by molar-refractivity contribution is 6.33. The molecule has 0 unspecified atom stereocenters. The van der Waals surface area contributed by atoms with Crippen LogP contribution >= 0.6 is 11.6 Å². The van der Waals surface area contributed by atoms with E-state index in [1.165, 1.54) is 6.07 Å². The maximum absolute atomic E-state index is 14.7. The van der Waals surface area contributed by atoms with Gasteiger partial charge in [0.05, 0.1) is 10.6 Å². The number of hydrogen-bond acceptors (Lipinski definition) is 4. The second-order valence-electron chi connectivity index (χ2n) is 7.17. The molecule has 1 N–H and O–H groups in total. The van der Waals surface area contributed by atoms with Crippen molar-refractivity contribution in [2.75, 3.05) is 18.5 Å². The quantitative estimate of drug-likeness (QED) is 0.471. The molecule has 3 heterocycles. The van der Waals surface area contributed by atoms with Crippen LogP contribution in [-0.2, 0) is 6.54 Å². The molecule has 4 aromatic rings. The molecule has 2 aromatic carbocycles. The topological polar surface area (TPSA) is 47.8 Å². The summed E-state index contributed by atoms with van der Waals surface area (Å²) in [4.78, 5) is 4.68. The van der Waals surface area contributed by atoms with Gasteiger partial charge in [0.25, 0.3) is 0 Å². The molecule has 0 spiro atoms. The van der Waals surface area contributed by atoms with Crippen molar-refractivity contribution < 1.29 is 13.9 Å². The van der Waals surface area contributed by atoms with E-state index in [0.29, 0.717) is 41.9 Å². The van der Waals surface area contributed by atoms with Gasteiger partial charge in [0.1, 0.15) is 36.2 Å². The molecule has 0 amide bonds. The van der Waals surface area contributed by atoms with Crippen molar-refractivity contribution in [3.05, 3.63) is 76.7 Å². The molecule has 30 heavy (non-hydrogen) atoms. The Bertz CT molecular complexity index is 1230. The average Bonchev–Trinajstić information content (AvgIpc) is 3.09. The van der Waals surface area contributed by atoms with Crippen molar-refractivity contribution in [3.63, 3.8) is 0 Å². The van der Waals surface area contributed by atoms with Crippen molar-refractivity contribution in [2.45, 2.75) is 13.5 Å². The molecular weight excluding hydrogens is 405 g/mol. The zero-order valence-corrected chi connectivity index (χ0v) is 17.0. The highest BCUT2D eigenvalue weighted by Crippen LogP contribution is 2.36. The summed E-state index contributed by atoms with van der Waals surface area (Å²) < 4.78 is 27.8. The fourth-order valence-electron chi connectivity index (χ4n) is 3.60. The van der Waals surface area contributed by atoms with Gasteiger partial charge >= 0.3 is 0 Å². The molecule has 0 saturated carbocycles. The van der Waals surface area contributed by atoms with Crippen LogP contribution in [0, 0.1) is 12.7 Å². The molecule has 0 bridgehead atoms. The summed E-state index contributed by atoms with van der Waals surface area (Å²) >= 11 is 6.34. The number of pyridine rings is 1. The van der Waals surface area contributed by atoms with Gasteiger partial charge in [-0.2, -0.15) is 0 Å². The predicted octanol–water partition coefficient (Wildman–Crippen LogP) is 5.49. The van der Waals surface area contributed by atoms with E-state index in [-0.39, 0.29) is 5.56 Å². The molecule has 0 radical (unpaired) electrons. The third-order valence-electron chi connectivity index (χ3n) is 5.05. The number of ether oxygens (including phenoxy) is 2. The van der Waals surface area contributed by atoms with E-state index in [1.54, 1.807) is 12.1 Å². The molecule has 1 aliphatic rings. The molecule has 0 atom stereocenters. The van der Waals surface area contributed by atoms with Gasteiger partial charge in [-0.25, -0.2) is 9.37 Å². The Hall–Kier alpha value is -3.25. The summed E-state index contributed by atoms with van der Waals surface area (Å²) in [7, 11) is 0. The Morgan fingerprint density at radius 2 is 1.93 bits per heavy atom. The fraction of sp³-hybridized carbons (Fsp3) is 0.174. The number of fused-ring (bicyclic) bond motifs is 2. The number of imidazole rings is 1. The molecule has 5 nitrogen and oxygen atoms in total. The minimum absolute atomic E-state index is 0.283. The van der Waals surface area contributed by atoms with Gasteiger partial charge < -0.3 is 14.8 Å². The first-order valence-corrected chi connectivity index (χ1v) is 10.0. The van der Waals surface area contributed by atoms with Crippen LogP contribution in [0.2, 0.25) is 5.02 Å². The van der Waals surface area contributed by atoms with Gasteiger partial charge in [-0.3, -0.25) is 4.40 Å². The van der Waals surface area contributed by atoms with Crippen molar-refractivity contribution in [3.8, 4) is 22.8 Å². The molecule has 152 valence electrons. The molecular formula is C23H19ClFN3O2. The van der Waals surface area contributed by atoms with Crippen LogP contribution in [0.1, 0.15) is 11.1 Å².